The number of carbonyl (C=O) groups excluding carboxylic acids is 1. The predicted molar refractivity (Wildman–Crippen MR) is 125 cm³/mol. The van der Waals surface area contributed by atoms with Crippen LogP contribution in [0.5, 0.6) is 11.5 Å². The number of amides is 1. The molecule has 2 atom stereocenters. The van der Waals surface area contributed by atoms with E-state index in [-0.39, 0.29) is 23.7 Å². The van der Waals surface area contributed by atoms with Crippen molar-refractivity contribution in [1.82, 2.24) is 4.90 Å². The third-order valence-electron chi connectivity index (χ3n) is 5.72. The van der Waals surface area contributed by atoms with Crippen molar-refractivity contribution in [3.05, 3.63) is 103 Å². The van der Waals surface area contributed by atoms with Crippen LogP contribution in [0, 0.1) is 11.7 Å². The molecule has 0 unspecified atom stereocenters. The topological polar surface area (TPSA) is 41.6 Å². The number of anilines is 1. The van der Waals surface area contributed by atoms with Gasteiger partial charge in [0.05, 0.1) is 0 Å². The minimum Gasteiger partial charge on any atom is -0.457 e. The molecule has 1 amide bonds. The monoisotopic (exact) mass is 484 g/mol. The molecular formula is C27H24F4N2O2. The Hall–Kier alpha value is -3.81. The molecule has 8 heteroatoms. The van der Waals surface area contributed by atoms with Gasteiger partial charge in [0.15, 0.2) is 0 Å². The molecule has 0 spiro atoms. The Kier molecular flexibility index (Phi) is 7.39. The third-order valence-corrected chi connectivity index (χ3v) is 5.72. The number of nitrogens with one attached hydrogen (secondary N) is 1. The lowest BCUT2D eigenvalue weighted by atomic mass is 9.96. The fourth-order valence-corrected chi connectivity index (χ4v) is 4.12. The van der Waals surface area contributed by atoms with Crippen molar-refractivity contribution in [2.45, 2.75) is 25.1 Å². The number of likely N-dealkylation sites (tertiary alicyclic amines) is 1. The van der Waals surface area contributed by atoms with E-state index in [1.54, 1.807) is 24.3 Å². The van der Waals surface area contributed by atoms with E-state index in [4.69, 9.17) is 4.74 Å². The molecule has 4 nitrogen and oxygen atoms in total. The Morgan fingerprint density at radius 2 is 1.60 bits per heavy atom. The maximum atomic E-state index is 13.0. The van der Waals surface area contributed by atoms with Crippen molar-refractivity contribution in [1.29, 1.82) is 0 Å². The largest absolute Gasteiger partial charge is 0.457 e. The average molecular weight is 484 g/mol. The molecule has 0 saturated carbocycles. The van der Waals surface area contributed by atoms with E-state index < -0.39 is 12.2 Å². The summed E-state index contributed by atoms with van der Waals surface area (Å²) in [5.74, 6) is 0.253. The highest BCUT2D eigenvalue weighted by Crippen LogP contribution is 2.30. The van der Waals surface area contributed by atoms with E-state index >= 15 is 0 Å². The molecule has 1 aliphatic heterocycles. The van der Waals surface area contributed by atoms with Crippen LogP contribution in [0.4, 0.5) is 23.2 Å². The number of hydrogen-bond acceptors (Lipinski definition) is 3. The van der Waals surface area contributed by atoms with Crippen LogP contribution in [-0.2, 0) is 11.2 Å². The SMILES string of the molecule is O=C(Nc1ccc(Oc2ccc(F)cc2)cc1)[C@@H]1C[C@@H](Cc2ccccc2)CN1C=CC(F)(F)F. The Morgan fingerprint density at radius 3 is 2.23 bits per heavy atom. The zero-order valence-corrected chi connectivity index (χ0v) is 18.7. The molecule has 0 bridgehead atoms. The van der Waals surface area contributed by atoms with Crippen LogP contribution in [0.1, 0.15) is 12.0 Å². The summed E-state index contributed by atoms with van der Waals surface area (Å²) in [6, 6.07) is 21.1. The van der Waals surface area contributed by atoms with Gasteiger partial charge in [-0.2, -0.15) is 13.2 Å². The summed E-state index contributed by atoms with van der Waals surface area (Å²) in [6.45, 7) is 0.351. The molecule has 182 valence electrons. The van der Waals surface area contributed by atoms with Crippen LogP contribution >= 0.6 is 0 Å². The zero-order chi connectivity index (χ0) is 24.8. The van der Waals surface area contributed by atoms with Crippen molar-refractivity contribution in [2.75, 3.05) is 11.9 Å². The van der Waals surface area contributed by atoms with Crippen LogP contribution < -0.4 is 10.1 Å². The molecule has 1 N–H and O–H groups in total. The number of ether oxygens (including phenoxy) is 1. The number of allylic oxidation sites excluding steroid dienone is 1. The third kappa shape index (κ3) is 7.09. The van der Waals surface area contributed by atoms with Crippen LogP contribution in [0.2, 0.25) is 0 Å². The number of halogens is 4. The number of hydrogen-bond donors (Lipinski definition) is 1. The molecule has 4 rings (SSSR count). The summed E-state index contributed by atoms with van der Waals surface area (Å²) < 4.78 is 57.1. The Morgan fingerprint density at radius 1 is 0.971 bits per heavy atom. The van der Waals surface area contributed by atoms with Gasteiger partial charge in [0, 0.05) is 24.5 Å². The minimum atomic E-state index is -4.46. The summed E-state index contributed by atoms with van der Waals surface area (Å²) >= 11 is 0. The van der Waals surface area contributed by atoms with Crippen molar-refractivity contribution < 1.29 is 27.1 Å². The second-order valence-corrected chi connectivity index (χ2v) is 8.43. The van der Waals surface area contributed by atoms with Gasteiger partial charge >= 0.3 is 6.18 Å². The van der Waals surface area contributed by atoms with Gasteiger partial charge in [-0.25, -0.2) is 4.39 Å². The maximum Gasteiger partial charge on any atom is 0.411 e. The van der Waals surface area contributed by atoms with Gasteiger partial charge in [-0.3, -0.25) is 4.79 Å². The zero-order valence-electron chi connectivity index (χ0n) is 18.7. The number of benzene rings is 3. The predicted octanol–water partition coefficient (Wildman–Crippen LogP) is 6.57. The number of carbonyl (C=O) groups is 1. The molecular weight excluding hydrogens is 460 g/mol. The van der Waals surface area contributed by atoms with E-state index in [2.05, 4.69) is 5.32 Å². The lowest BCUT2D eigenvalue weighted by Gasteiger charge is -2.22. The second kappa shape index (κ2) is 10.6. The van der Waals surface area contributed by atoms with Crippen molar-refractivity contribution in [3.8, 4) is 11.5 Å². The molecule has 0 aromatic heterocycles. The highest BCUT2D eigenvalue weighted by molar-refractivity contribution is 5.95. The molecule has 1 aliphatic rings. The van der Waals surface area contributed by atoms with E-state index in [0.29, 0.717) is 36.6 Å². The maximum absolute atomic E-state index is 13.0. The van der Waals surface area contributed by atoms with Crippen molar-refractivity contribution >= 4 is 11.6 Å². The van der Waals surface area contributed by atoms with Gasteiger partial charge in [-0.1, -0.05) is 30.3 Å². The summed E-state index contributed by atoms with van der Waals surface area (Å²) in [4.78, 5) is 14.5. The summed E-state index contributed by atoms with van der Waals surface area (Å²) in [5.41, 5.74) is 1.57. The summed E-state index contributed by atoms with van der Waals surface area (Å²) in [5, 5.41) is 2.79. The first-order chi connectivity index (χ1) is 16.7. The fraction of sp³-hybridized carbons (Fsp3) is 0.222. The first-order valence-corrected chi connectivity index (χ1v) is 11.2. The van der Waals surface area contributed by atoms with E-state index in [1.807, 2.05) is 30.3 Å². The van der Waals surface area contributed by atoms with Gasteiger partial charge in [0.25, 0.3) is 0 Å². The summed E-state index contributed by atoms with van der Waals surface area (Å²) in [6.07, 6.45) is -2.21. The number of alkyl halides is 3. The van der Waals surface area contributed by atoms with Gasteiger partial charge < -0.3 is 15.0 Å². The minimum absolute atomic E-state index is 0.0394. The van der Waals surface area contributed by atoms with Crippen LogP contribution in [0.3, 0.4) is 0 Å². The molecule has 1 fully saturated rings. The van der Waals surface area contributed by atoms with E-state index in [1.165, 1.54) is 29.2 Å². The highest BCUT2D eigenvalue weighted by atomic mass is 19.4. The van der Waals surface area contributed by atoms with Crippen LogP contribution in [0.15, 0.2) is 91.1 Å². The number of rotatable bonds is 7. The standard InChI is InChI=1S/C27H24F4N2O2/c28-21-6-10-23(11-7-21)35-24-12-8-22(9-13-24)32-26(34)25-17-20(16-19-4-2-1-3-5-19)18-33(25)15-14-27(29,30)31/h1-15,20,25H,16-18H2,(H,32,34)/t20-,25+/m1/s1. The highest BCUT2D eigenvalue weighted by Gasteiger charge is 2.36. The van der Waals surface area contributed by atoms with Crippen LogP contribution in [0.25, 0.3) is 0 Å². The first kappa shape index (κ1) is 24.3. The molecule has 0 radical (unpaired) electrons. The van der Waals surface area contributed by atoms with Gasteiger partial charge in [0.1, 0.15) is 23.4 Å². The molecule has 3 aromatic carbocycles. The lowest BCUT2D eigenvalue weighted by Crippen LogP contribution is -2.36. The lowest BCUT2D eigenvalue weighted by molar-refractivity contribution is -0.119. The Labute approximate surface area is 200 Å². The van der Waals surface area contributed by atoms with Gasteiger partial charge in [-0.15, -0.1) is 0 Å². The normalized spacial score (nSPS) is 18.1. The molecule has 1 heterocycles. The first-order valence-electron chi connectivity index (χ1n) is 11.2. The quantitative estimate of drug-likeness (QED) is 0.386. The number of nitrogens with zero attached hydrogens (tertiary/aromatic N) is 1. The van der Waals surface area contributed by atoms with E-state index in [0.717, 1.165) is 11.8 Å². The smallest absolute Gasteiger partial charge is 0.411 e. The van der Waals surface area contributed by atoms with Gasteiger partial charge in [-0.05, 0) is 72.9 Å². The molecule has 3 aromatic rings. The van der Waals surface area contributed by atoms with E-state index in [9.17, 15) is 22.4 Å². The fourth-order valence-electron chi connectivity index (χ4n) is 4.12. The van der Waals surface area contributed by atoms with Crippen LogP contribution in [-0.4, -0.2) is 29.6 Å². The molecule has 35 heavy (non-hydrogen) atoms. The Balaban J connectivity index is 1.42. The molecule has 0 aliphatic carbocycles. The molecule has 1 saturated heterocycles. The summed E-state index contributed by atoms with van der Waals surface area (Å²) in [7, 11) is 0. The van der Waals surface area contributed by atoms with Crippen molar-refractivity contribution in [2.24, 2.45) is 5.92 Å². The second-order valence-electron chi connectivity index (χ2n) is 8.43. The van der Waals surface area contributed by atoms with Gasteiger partial charge in [0.2, 0.25) is 5.91 Å². The van der Waals surface area contributed by atoms with Crippen molar-refractivity contribution in [3.63, 3.8) is 0 Å². The average Bonchev–Trinajstić information content (AvgIpc) is 3.23. The Bertz CT molecular complexity index is 1150.